The fourth-order valence-corrected chi connectivity index (χ4v) is 6.89. The lowest BCUT2D eigenvalue weighted by Crippen LogP contribution is -2.54. The molecule has 2 aliphatic heterocycles. The average Bonchev–Trinajstić information content (AvgIpc) is 3.27. The molecule has 0 spiro atoms. The van der Waals surface area contributed by atoms with Gasteiger partial charge in [0.2, 0.25) is 5.91 Å². The number of carbonyl (C=O) groups excluding carboxylic acids is 1. The largest absolute Gasteiger partial charge is 0.430 e. The lowest BCUT2D eigenvalue weighted by Gasteiger charge is -2.39. The second-order valence-corrected chi connectivity index (χ2v) is 11.9. The van der Waals surface area contributed by atoms with Crippen LogP contribution < -0.4 is 10.0 Å². The summed E-state index contributed by atoms with van der Waals surface area (Å²) in [5, 5.41) is 9.84. The van der Waals surface area contributed by atoms with E-state index in [-0.39, 0.29) is 37.2 Å². The third-order valence-electron chi connectivity index (χ3n) is 7.46. The molecule has 7 nitrogen and oxygen atoms in total. The summed E-state index contributed by atoms with van der Waals surface area (Å²) in [7, 11) is -4.64. The molecule has 0 unspecified atom stereocenters. The summed E-state index contributed by atoms with van der Waals surface area (Å²) in [6, 6.07) is 3.20. The number of fused-ring (bicyclic) bond motifs is 1. The van der Waals surface area contributed by atoms with Crippen molar-refractivity contribution in [2.75, 3.05) is 24.1 Å². The van der Waals surface area contributed by atoms with Crippen LogP contribution >= 0.6 is 0 Å². The van der Waals surface area contributed by atoms with Crippen molar-refractivity contribution in [3.63, 3.8) is 0 Å². The topological polar surface area (TPSA) is 104 Å². The van der Waals surface area contributed by atoms with E-state index in [2.05, 4.69) is 0 Å². The molecule has 2 heterocycles. The minimum absolute atomic E-state index is 0.0122. The van der Waals surface area contributed by atoms with Gasteiger partial charge in [0.25, 0.3) is 15.6 Å². The van der Waals surface area contributed by atoms with Gasteiger partial charge in [-0.2, -0.15) is 26.3 Å². The third-order valence-corrected chi connectivity index (χ3v) is 9.34. The van der Waals surface area contributed by atoms with E-state index in [9.17, 15) is 53.4 Å². The fourth-order valence-electron chi connectivity index (χ4n) is 5.17. The number of hydrogen-bond acceptors (Lipinski definition) is 5. The number of amides is 1. The molecule has 2 aromatic rings. The van der Waals surface area contributed by atoms with E-state index in [1.807, 2.05) is 0 Å². The molecule has 1 amide bonds. The van der Waals surface area contributed by atoms with Gasteiger partial charge in [-0.15, -0.1) is 0 Å². The first-order valence-corrected chi connectivity index (χ1v) is 13.7. The second kappa shape index (κ2) is 10.7. The third kappa shape index (κ3) is 5.48. The summed E-state index contributed by atoms with van der Waals surface area (Å²) in [5.74, 6) is -1.97. The highest BCUT2D eigenvalue weighted by Gasteiger charge is 2.71. The Kier molecular flexibility index (Phi) is 8.08. The van der Waals surface area contributed by atoms with E-state index >= 15 is 0 Å². The van der Waals surface area contributed by atoms with Crippen LogP contribution in [0, 0.1) is 11.7 Å². The van der Waals surface area contributed by atoms with Crippen LogP contribution in [-0.4, -0.2) is 68.5 Å². The van der Waals surface area contributed by atoms with Crippen molar-refractivity contribution in [3.05, 3.63) is 59.4 Å². The van der Waals surface area contributed by atoms with E-state index in [1.165, 1.54) is 4.90 Å². The zero-order chi connectivity index (χ0) is 30.5. The number of sulfonamides is 1. The zero-order valence-corrected chi connectivity index (χ0v) is 21.9. The minimum Gasteiger partial charge on any atom is -0.369 e. The van der Waals surface area contributed by atoms with Crippen molar-refractivity contribution in [2.45, 2.75) is 54.2 Å². The number of nitrogens with two attached hydrogens (primary N) is 1. The van der Waals surface area contributed by atoms with Crippen LogP contribution in [0.25, 0.3) is 0 Å². The second-order valence-electron chi connectivity index (χ2n) is 10.1. The van der Waals surface area contributed by atoms with Crippen LogP contribution in [0.3, 0.4) is 0 Å². The van der Waals surface area contributed by atoms with Gasteiger partial charge in [-0.1, -0.05) is 12.1 Å². The van der Waals surface area contributed by atoms with Gasteiger partial charge in [-0.3, -0.25) is 13.5 Å². The highest BCUT2D eigenvalue weighted by Crippen LogP contribution is 2.51. The molecular formula is C25H25F8N3O4S. The molecule has 2 aromatic carbocycles. The highest BCUT2D eigenvalue weighted by atomic mass is 32.2. The predicted octanol–water partition coefficient (Wildman–Crippen LogP) is 3.79. The number of rotatable bonds is 6. The molecule has 4 rings (SSSR count). The smallest absolute Gasteiger partial charge is 0.369 e. The van der Waals surface area contributed by atoms with Crippen LogP contribution in [0.4, 0.5) is 40.8 Å². The monoisotopic (exact) mass is 615 g/mol. The lowest BCUT2D eigenvalue weighted by molar-refractivity contribution is -0.376. The molecule has 0 aliphatic carbocycles. The number of carbonyl (C=O) groups is 1. The fraction of sp³-hybridized carbons (Fsp3) is 0.480. The molecule has 0 saturated carbocycles. The average molecular weight is 616 g/mol. The number of aryl methyl sites for hydroxylation is 1. The van der Waals surface area contributed by atoms with Crippen LogP contribution in [0.5, 0.6) is 0 Å². The van der Waals surface area contributed by atoms with Gasteiger partial charge in [-0.05, 0) is 48.7 Å². The predicted molar refractivity (Wildman–Crippen MR) is 129 cm³/mol. The van der Waals surface area contributed by atoms with Crippen LogP contribution in [0.1, 0.15) is 24.0 Å². The van der Waals surface area contributed by atoms with Crippen LogP contribution in [0.15, 0.2) is 47.4 Å². The first-order chi connectivity index (χ1) is 18.9. The van der Waals surface area contributed by atoms with Gasteiger partial charge < -0.3 is 15.7 Å². The number of benzene rings is 2. The molecule has 1 fully saturated rings. The van der Waals surface area contributed by atoms with Crippen molar-refractivity contribution in [1.82, 2.24) is 4.90 Å². The van der Waals surface area contributed by atoms with Crippen molar-refractivity contribution >= 4 is 21.6 Å². The Balaban J connectivity index is 1.78. The summed E-state index contributed by atoms with van der Waals surface area (Å²) in [4.78, 5) is 13.9. The molecule has 16 heteroatoms. The lowest BCUT2D eigenvalue weighted by atomic mass is 9.87. The Labute approximate surface area is 229 Å². The van der Waals surface area contributed by atoms with Gasteiger partial charge in [0, 0.05) is 37.0 Å². The van der Waals surface area contributed by atoms with Gasteiger partial charge in [0.1, 0.15) is 5.82 Å². The minimum atomic E-state index is -6.16. The number of aliphatic hydroxyl groups is 1. The van der Waals surface area contributed by atoms with E-state index in [0.717, 1.165) is 24.3 Å². The summed E-state index contributed by atoms with van der Waals surface area (Å²) in [6.07, 6.45) is -13.2. The number of alkyl halides is 7. The van der Waals surface area contributed by atoms with E-state index in [1.54, 1.807) is 0 Å². The maximum absolute atomic E-state index is 13.7. The number of anilines is 1. The summed E-state index contributed by atoms with van der Waals surface area (Å²) in [6.45, 7) is -0.781. The molecule has 226 valence electrons. The van der Waals surface area contributed by atoms with Crippen molar-refractivity contribution < 1.29 is 53.4 Å². The van der Waals surface area contributed by atoms with Crippen molar-refractivity contribution in [2.24, 2.45) is 11.7 Å². The summed E-state index contributed by atoms with van der Waals surface area (Å²) < 4.78 is 136. The Bertz CT molecular complexity index is 1390. The van der Waals surface area contributed by atoms with Gasteiger partial charge in [0.05, 0.1) is 23.3 Å². The highest BCUT2D eigenvalue weighted by molar-refractivity contribution is 7.92. The maximum Gasteiger partial charge on any atom is 0.430 e. The van der Waals surface area contributed by atoms with Crippen molar-refractivity contribution in [1.29, 1.82) is 0 Å². The number of likely N-dealkylation sites (tertiary alicyclic amines) is 1. The van der Waals surface area contributed by atoms with E-state index in [0.29, 0.717) is 22.5 Å². The summed E-state index contributed by atoms with van der Waals surface area (Å²) >= 11 is 0. The Morgan fingerprint density at radius 3 is 2.15 bits per heavy atom. The molecule has 41 heavy (non-hydrogen) atoms. The normalized spacial score (nSPS) is 22.1. The van der Waals surface area contributed by atoms with Gasteiger partial charge in [0.15, 0.2) is 0 Å². The molecule has 0 radical (unpaired) electrons. The first kappa shape index (κ1) is 31.0. The van der Waals surface area contributed by atoms with Crippen LogP contribution in [0.2, 0.25) is 0 Å². The molecule has 0 aromatic heterocycles. The molecule has 3 N–H and O–H groups in total. The molecule has 2 aliphatic rings. The molecule has 3 atom stereocenters. The molecular weight excluding hydrogens is 590 g/mol. The Hall–Kier alpha value is -2.98. The van der Waals surface area contributed by atoms with E-state index in [4.69, 9.17) is 5.73 Å². The first-order valence-electron chi connectivity index (χ1n) is 12.3. The molecule has 1 saturated heterocycles. The van der Waals surface area contributed by atoms with Gasteiger partial charge in [-0.25, -0.2) is 12.8 Å². The number of nitrogens with zero attached hydrogens (tertiary/aromatic N) is 2. The summed E-state index contributed by atoms with van der Waals surface area (Å²) in [5.41, 5.74) is -1.51. The van der Waals surface area contributed by atoms with Crippen molar-refractivity contribution in [3.8, 4) is 0 Å². The SMILES string of the molecule is N[C@H]1CN(C(=O)C[C@@H]2CCc3cc(C(O)(C(F)(F)F)C(F)(F)F)ccc3N2S(=O)(=O)c2ccc(F)cc2)C[C@H]1CF. The number of hydrogen-bond donors (Lipinski definition) is 2. The Morgan fingerprint density at radius 2 is 1.61 bits per heavy atom. The molecule has 0 bridgehead atoms. The maximum atomic E-state index is 13.7. The number of halogens is 8. The van der Waals surface area contributed by atoms with Gasteiger partial charge >= 0.3 is 12.4 Å². The Morgan fingerprint density at radius 1 is 1.00 bits per heavy atom. The standard InChI is InChI=1S/C25H25F8N3O4S/c26-11-15-12-35(13-20(15)34)22(37)10-18-5-1-14-9-16(23(38,24(28,29)30)25(31,32)33)2-8-21(14)36(18)41(39,40)19-6-3-17(27)4-7-19/h2-4,6-9,15,18,20,38H,1,5,10-13,34H2/t15-,18+,20+/m1/s1. The van der Waals surface area contributed by atoms with Crippen LogP contribution in [-0.2, 0) is 26.8 Å². The van der Waals surface area contributed by atoms with E-state index < -0.39 is 81.3 Å². The quantitative estimate of drug-likeness (QED) is 0.482. The zero-order valence-electron chi connectivity index (χ0n) is 21.1.